The predicted octanol–water partition coefficient (Wildman–Crippen LogP) is 3.66. The van der Waals surface area contributed by atoms with Crippen LogP contribution in [0.4, 0.5) is 11.5 Å². The molecule has 0 unspecified atom stereocenters. The number of benzene rings is 1. The van der Waals surface area contributed by atoms with E-state index in [0.29, 0.717) is 11.6 Å². The maximum absolute atomic E-state index is 11.2. The lowest BCUT2D eigenvalue weighted by molar-refractivity contribution is 0.0696. The third-order valence-corrected chi connectivity index (χ3v) is 3.05. The number of para-hydroxylation sites is 2. The van der Waals surface area contributed by atoms with E-state index in [1.54, 1.807) is 13.2 Å². The highest BCUT2D eigenvalue weighted by molar-refractivity contribution is 5.89. The van der Waals surface area contributed by atoms with Crippen molar-refractivity contribution in [2.45, 2.75) is 19.8 Å². The van der Waals surface area contributed by atoms with Gasteiger partial charge in [-0.2, -0.15) is 0 Å². The summed E-state index contributed by atoms with van der Waals surface area (Å²) >= 11 is 0. The first-order valence-corrected chi connectivity index (χ1v) is 6.66. The fourth-order valence-corrected chi connectivity index (χ4v) is 1.92. The van der Waals surface area contributed by atoms with Crippen molar-refractivity contribution in [1.29, 1.82) is 0 Å². The Morgan fingerprint density at radius 1 is 1.29 bits per heavy atom. The van der Waals surface area contributed by atoms with Crippen molar-refractivity contribution >= 4 is 17.5 Å². The smallest absolute Gasteiger partial charge is 0.335 e. The number of aromatic nitrogens is 1. The number of hydrogen-bond acceptors (Lipinski definition) is 4. The molecule has 5 heteroatoms. The van der Waals surface area contributed by atoms with Crippen LogP contribution in [0.25, 0.3) is 0 Å². The van der Waals surface area contributed by atoms with E-state index in [1.807, 2.05) is 38.1 Å². The Kier molecular flexibility index (Phi) is 4.42. The normalized spacial score (nSPS) is 10.5. The number of nitrogens with one attached hydrogen (secondary N) is 1. The third-order valence-electron chi connectivity index (χ3n) is 3.05. The highest BCUT2D eigenvalue weighted by atomic mass is 16.5. The molecule has 0 aliphatic heterocycles. The zero-order chi connectivity index (χ0) is 15.4. The van der Waals surface area contributed by atoms with E-state index in [1.165, 1.54) is 6.07 Å². The van der Waals surface area contributed by atoms with Crippen LogP contribution < -0.4 is 10.1 Å². The third kappa shape index (κ3) is 3.51. The van der Waals surface area contributed by atoms with Gasteiger partial charge < -0.3 is 15.2 Å². The summed E-state index contributed by atoms with van der Waals surface area (Å²) in [7, 11) is 1.58. The van der Waals surface area contributed by atoms with Gasteiger partial charge in [0.05, 0.1) is 18.4 Å². The monoisotopic (exact) mass is 286 g/mol. The number of nitrogens with zero attached hydrogens (tertiary/aromatic N) is 1. The second-order valence-electron chi connectivity index (χ2n) is 4.95. The molecule has 2 N–H and O–H groups in total. The maximum Gasteiger partial charge on any atom is 0.335 e. The molecule has 0 fully saturated rings. The summed E-state index contributed by atoms with van der Waals surface area (Å²) in [6.07, 6.45) is 0. The number of carboxylic acids is 1. The quantitative estimate of drug-likeness (QED) is 0.877. The summed E-state index contributed by atoms with van der Waals surface area (Å²) in [4.78, 5) is 15.7. The molecule has 0 aliphatic carbocycles. The van der Waals surface area contributed by atoms with E-state index in [9.17, 15) is 9.90 Å². The first kappa shape index (κ1) is 14.8. The Morgan fingerprint density at radius 2 is 2.00 bits per heavy atom. The van der Waals surface area contributed by atoms with E-state index in [0.717, 1.165) is 11.4 Å². The number of pyridine rings is 1. The fraction of sp³-hybridized carbons (Fsp3) is 0.250. The lowest BCUT2D eigenvalue weighted by atomic mass is 10.1. The van der Waals surface area contributed by atoms with Gasteiger partial charge in [0, 0.05) is 5.69 Å². The fourth-order valence-electron chi connectivity index (χ4n) is 1.92. The minimum absolute atomic E-state index is 0.141. The minimum Gasteiger partial charge on any atom is -0.495 e. The van der Waals surface area contributed by atoms with Crippen LogP contribution >= 0.6 is 0 Å². The summed E-state index contributed by atoms with van der Waals surface area (Å²) in [6, 6.07) is 10.5. The van der Waals surface area contributed by atoms with Crippen LogP contribution in [0.15, 0.2) is 36.4 Å². The van der Waals surface area contributed by atoms with Crippen molar-refractivity contribution in [3.63, 3.8) is 0 Å². The number of methoxy groups -OCH3 is 1. The Balaban J connectivity index is 2.41. The number of hydrogen-bond donors (Lipinski definition) is 2. The van der Waals surface area contributed by atoms with E-state index in [2.05, 4.69) is 10.3 Å². The van der Waals surface area contributed by atoms with Crippen molar-refractivity contribution in [3.8, 4) is 5.75 Å². The van der Waals surface area contributed by atoms with E-state index in [4.69, 9.17) is 4.74 Å². The topological polar surface area (TPSA) is 71.5 Å². The van der Waals surface area contributed by atoms with Gasteiger partial charge in [0.15, 0.2) is 0 Å². The van der Waals surface area contributed by atoms with Gasteiger partial charge in [-0.05, 0) is 30.2 Å². The largest absolute Gasteiger partial charge is 0.495 e. The van der Waals surface area contributed by atoms with Gasteiger partial charge >= 0.3 is 5.97 Å². The first-order valence-electron chi connectivity index (χ1n) is 6.66. The molecule has 0 aliphatic rings. The predicted molar refractivity (Wildman–Crippen MR) is 81.6 cm³/mol. The maximum atomic E-state index is 11.2. The molecule has 2 aromatic rings. The lowest BCUT2D eigenvalue weighted by Crippen LogP contribution is -2.05. The Morgan fingerprint density at radius 3 is 2.62 bits per heavy atom. The zero-order valence-corrected chi connectivity index (χ0v) is 12.3. The molecular weight excluding hydrogens is 268 g/mol. The van der Waals surface area contributed by atoms with Crippen LogP contribution in [0.5, 0.6) is 5.75 Å². The van der Waals surface area contributed by atoms with Crippen LogP contribution in [0.3, 0.4) is 0 Å². The molecule has 0 atom stereocenters. The van der Waals surface area contributed by atoms with Crippen molar-refractivity contribution in [2.75, 3.05) is 12.4 Å². The summed E-state index contributed by atoms with van der Waals surface area (Å²) in [5.41, 5.74) is 1.68. The van der Waals surface area contributed by atoms with Gasteiger partial charge in [0.1, 0.15) is 11.6 Å². The van der Waals surface area contributed by atoms with Gasteiger partial charge in [-0.3, -0.25) is 0 Å². The van der Waals surface area contributed by atoms with E-state index in [-0.39, 0.29) is 11.5 Å². The molecule has 0 amide bonds. The summed E-state index contributed by atoms with van der Waals surface area (Å²) < 4.78 is 5.27. The molecule has 21 heavy (non-hydrogen) atoms. The van der Waals surface area contributed by atoms with Gasteiger partial charge in [0.25, 0.3) is 0 Å². The van der Waals surface area contributed by atoms with Crippen LogP contribution in [0.1, 0.15) is 35.8 Å². The number of anilines is 2. The average molecular weight is 286 g/mol. The molecule has 1 heterocycles. The standard InChI is InChI=1S/C16H18N2O3/c1-10(2)13-8-11(16(19)20)9-15(18-13)17-12-6-4-5-7-14(12)21-3/h4-10H,1-3H3,(H,17,18)(H,19,20). The number of carbonyl (C=O) groups is 1. The van der Waals surface area contributed by atoms with Crippen LogP contribution in [0.2, 0.25) is 0 Å². The van der Waals surface area contributed by atoms with Crippen molar-refractivity contribution in [2.24, 2.45) is 0 Å². The van der Waals surface area contributed by atoms with Crippen LogP contribution in [-0.2, 0) is 0 Å². The van der Waals surface area contributed by atoms with Gasteiger partial charge in [-0.25, -0.2) is 9.78 Å². The molecule has 0 spiro atoms. The Bertz CT molecular complexity index is 654. The Hall–Kier alpha value is -2.56. The summed E-state index contributed by atoms with van der Waals surface area (Å²) in [5.74, 6) is 0.333. The average Bonchev–Trinajstić information content (AvgIpc) is 2.47. The Labute approximate surface area is 123 Å². The van der Waals surface area contributed by atoms with Crippen LogP contribution in [0, 0.1) is 0 Å². The number of carboxylic acid groups (broad SMARTS) is 1. The van der Waals surface area contributed by atoms with E-state index >= 15 is 0 Å². The molecule has 110 valence electrons. The van der Waals surface area contributed by atoms with E-state index < -0.39 is 5.97 Å². The molecular formula is C16H18N2O3. The second-order valence-corrected chi connectivity index (χ2v) is 4.95. The first-order chi connectivity index (χ1) is 10.0. The molecule has 0 radical (unpaired) electrons. The second kappa shape index (κ2) is 6.26. The number of ether oxygens (including phenoxy) is 1. The molecule has 1 aromatic heterocycles. The highest BCUT2D eigenvalue weighted by Crippen LogP contribution is 2.27. The molecule has 2 rings (SSSR count). The summed E-state index contributed by atoms with van der Waals surface area (Å²) in [6.45, 7) is 3.95. The van der Waals surface area contributed by atoms with Crippen molar-refractivity contribution < 1.29 is 14.6 Å². The lowest BCUT2D eigenvalue weighted by Gasteiger charge is -2.13. The van der Waals surface area contributed by atoms with Gasteiger partial charge in [0.2, 0.25) is 0 Å². The molecule has 1 aromatic carbocycles. The van der Waals surface area contributed by atoms with Crippen molar-refractivity contribution in [3.05, 3.63) is 47.7 Å². The highest BCUT2D eigenvalue weighted by Gasteiger charge is 2.12. The molecule has 5 nitrogen and oxygen atoms in total. The molecule has 0 saturated heterocycles. The SMILES string of the molecule is COc1ccccc1Nc1cc(C(=O)O)cc(C(C)C)n1. The van der Waals surface area contributed by atoms with Gasteiger partial charge in [-0.15, -0.1) is 0 Å². The number of rotatable bonds is 5. The summed E-state index contributed by atoms with van der Waals surface area (Å²) in [5, 5.41) is 12.3. The zero-order valence-electron chi connectivity index (χ0n) is 12.3. The molecule has 0 bridgehead atoms. The van der Waals surface area contributed by atoms with Crippen molar-refractivity contribution in [1.82, 2.24) is 4.98 Å². The minimum atomic E-state index is -0.970. The van der Waals surface area contributed by atoms with Gasteiger partial charge in [-0.1, -0.05) is 26.0 Å². The molecule has 0 saturated carbocycles. The number of aromatic carboxylic acids is 1. The van der Waals surface area contributed by atoms with Crippen LogP contribution in [-0.4, -0.2) is 23.2 Å².